The van der Waals surface area contributed by atoms with Gasteiger partial charge in [0.05, 0.1) is 13.7 Å². The number of carbonyl (C=O) groups is 1. The molecule has 2 aromatic rings. The molecule has 0 aliphatic carbocycles. The number of benzene rings is 1. The second kappa shape index (κ2) is 5.91. The lowest BCUT2D eigenvalue weighted by atomic mass is 10.1. The largest absolute Gasteiger partial charge is 0.507 e. The minimum absolute atomic E-state index is 0.283. The van der Waals surface area contributed by atoms with E-state index < -0.39 is 5.97 Å². The lowest BCUT2D eigenvalue weighted by Crippen LogP contribution is -2.02. The summed E-state index contributed by atoms with van der Waals surface area (Å²) >= 11 is 0. The van der Waals surface area contributed by atoms with Crippen molar-refractivity contribution in [1.29, 1.82) is 0 Å². The molecule has 0 bridgehead atoms. The number of nitrogens with one attached hydrogen (secondary N) is 1. The fourth-order valence-corrected chi connectivity index (χ4v) is 2.15. The molecule has 0 radical (unpaired) electrons. The van der Waals surface area contributed by atoms with Crippen molar-refractivity contribution in [3.05, 3.63) is 46.4 Å². The normalized spacial score (nSPS) is 10.5. The van der Waals surface area contributed by atoms with Crippen LogP contribution < -0.4 is 5.32 Å². The van der Waals surface area contributed by atoms with Gasteiger partial charge in [0.1, 0.15) is 22.8 Å². The maximum atomic E-state index is 11.5. The maximum Gasteiger partial charge on any atom is 0.341 e. The van der Waals surface area contributed by atoms with E-state index in [0.717, 1.165) is 16.8 Å². The average molecular weight is 289 g/mol. The van der Waals surface area contributed by atoms with Crippen LogP contribution in [0.2, 0.25) is 0 Å². The van der Waals surface area contributed by atoms with Crippen molar-refractivity contribution >= 4 is 11.7 Å². The van der Waals surface area contributed by atoms with Gasteiger partial charge in [-0.25, -0.2) is 4.79 Å². The zero-order chi connectivity index (χ0) is 15.6. The van der Waals surface area contributed by atoms with Crippen molar-refractivity contribution in [2.24, 2.45) is 0 Å². The Hall–Kier alpha value is -2.43. The van der Waals surface area contributed by atoms with E-state index in [1.165, 1.54) is 7.11 Å². The molecule has 0 fully saturated rings. The number of anilines is 1. The molecule has 1 aromatic carbocycles. The first-order valence-corrected chi connectivity index (χ1v) is 6.64. The van der Waals surface area contributed by atoms with E-state index in [0.29, 0.717) is 23.6 Å². The average Bonchev–Trinajstić information content (AvgIpc) is 2.84. The Kier molecular flexibility index (Phi) is 4.21. The van der Waals surface area contributed by atoms with E-state index >= 15 is 0 Å². The number of phenolic OH excluding ortho intramolecular Hbond substituents is 1. The van der Waals surface area contributed by atoms with Gasteiger partial charge in [-0.2, -0.15) is 0 Å². The van der Waals surface area contributed by atoms with E-state index in [9.17, 15) is 9.90 Å². The van der Waals surface area contributed by atoms with Crippen LogP contribution in [0.5, 0.6) is 5.75 Å². The van der Waals surface area contributed by atoms with Crippen molar-refractivity contribution in [1.82, 2.24) is 0 Å². The fraction of sp³-hybridized carbons (Fsp3) is 0.312. The summed E-state index contributed by atoms with van der Waals surface area (Å²) in [5, 5.41) is 13.1. The number of hydrogen-bond donors (Lipinski definition) is 2. The molecule has 0 spiro atoms. The van der Waals surface area contributed by atoms with Crippen molar-refractivity contribution < 1.29 is 19.1 Å². The number of esters is 1. The van der Waals surface area contributed by atoms with Gasteiger partial charge in [-0.1, -0.05) is 6.07 Å². The Labute approximate surface area is 123 Å². The highest BCUT2D eigenvalue weighted by atomic mass is 16.5. The van der Waals surface area contributed by atoms with Gasteiger partial charge in [-0.15, -0.1) is 0 Å². The number of carbonyl (C=O) groups excluding carboxylic acids is 1. The first-order valence-electron chi connectivity index (χ1n) is 6.64. The first kappa shape index (κ1) is 15.0. The van der Waals surface area contributed by atoms with Crippen LogP contribution in [0, 0.1) is 20.8 Å². The highest BCUT2D eigenvalue weighted by Crippen LogP contribution is 2.28. The molecule has 21 heavy (non-hydrogen) atoms. The molecule has 2 rings (SSSR count). The molecule has 0 aliphatic rings. The van der Waals surface area contributed by atoms with Crippen LogP contribution in [-0.4, -0.2) is 18.2 Å². The molecular weight excluding hydrogens is 270 g/mol. The summed E-state index contributed by atoms with van der Waals surface area (Å²) in [4.78, 5) is 11.5. The third-order valence-corrected chi connectivity index (χ3v) is 3.46. The quantitative estimate of drug-likeness (QED) is 0.845. The summed E-state index contributed by atoms with van der Waals surface area (Å²) in [7, 11) is 1.34. The highest BCUT2D eigenvalue weighted by Gasteiger charge is 2.15. The highest BCUT2D eigenvalue weighted by molar-refractivity contribution is 5.90. The standard InChI is InChI=1S/C16H19NO4/c1-9-5-6-14(10(2)15(9)18)17-8-12-7-13(11(3)21-12)16(19)20-4/h5-7,17-18H,8H2,1-4H3. The van der Waals surface area contributed by atoms with Crippen LogP contribution in [0.1, 0.15) is 33.0 Å². The summed E-state index contributed by atoms with van der Waals surface area (Å²) in [5.74, 6) is 1.03. The SMILES string of the molecule is COC(=O)c1cc(CNc2ccc(C)c(O)c2C)oc1C. The predicted octanol–water partition coefficient (Wildman–Crippen LogP) is 3.31. The molecule has 0 atom stereocenters. The monoisotopic (exact) mass is 289 g/mol. The number of ether oxygens (including phenoxy) is 1. The Morgan fingerprint density at radius 1 is 1.33 bits per heavy atom. The second-order valence-electron chi connectivity index (χ2n) is 4.93. The Bertz CT molecular complexity index is 673. The molecule has 2 N–H and O–H groups in total. The lowest BCUT2D eigenvalue weighted by Gasteiger charge is -2.11. The summed E-state index contributed by atoms with van der Waals surface area (Å²) in [6.45, 7) is 5.84. The number of methoxy groups -OCH3 is 1. The molecule has 0 amide bonds. The Morgan fingerprint density at radius 2 is 2.05 bits per heavy atom. The zero-order valence-electron chi connectivity index (χ0n) is 12.6. The third kappa shape index (κ3) is 3.02. The van der Waals surface area contributed by atoms with Gasteiger partial charge >= 0.3 is 5.97 Å². The number of rotatable bonds is 4. The molecular formula is C16H19NO4. The van der Waals surface area contributed by atoms with Gasteiger partial charge < -0.3 is 19.6 Å². The number of aromatic hydroxyl groups is 1. The molecule has 5 heteroatoms. The topological polar surface area (TPSA) is 71.7 Å². The Morgan fingerprint density at radius 3 is 2.71 bits per heavy atom. The van der Waals surface area contributed by atoms with Crippen molar-refractivity contribution in [2.45, 2.75) is 27.3 Å². The molecule has 0 saturated carbocycles. The van der Waals surface area contributed by atoms with Gasteiger partial charge in [0.2, 0.25) is 0 Å². The van der Waals surface area contributed by atoms with Crippen LogP contribution in [0.15, 0.2) is 22.6 Å². The lowest BCUT2D eigenvalue weighted by molar-refractivity contribution is 0.0599. The van der Waals surface area contributed by atoms with E-state index in [2.05, 4.69) is 10.1 Å². The molecule has 1 heterocycles. The second-order valence-corrected chi connectivity index (χ2v) is 4.93. The third-order valence-electron chi connectivity index (χ3n) is 3.46. The van der Waals surface area contributed by atoms with Crippen LogP contribution in [0.3, 0.4) is 0 Å². The zero-order valence-corrected chi connectivity index (χ0v) is 12.6. The minimum Gasteiger partial charge on any atom is -0.507 e. The van der Waals surface area contributed by atoms with Gasteiger partial charge in [0.15, 0.2) is 0 Å². The van der Waals surface area contributed by atoms with E-state index in [1.54, 1.807) is 13.0 Å². The van der Waals surface area contributed by atoms with Crippen molar-refractivity contribution in [2.75, 3.05) is 12.4 Å². The first-order chi connectivity index (χ1) is 9.93. The number of hydrogen-bond acceptors (Lipinski definition) is 5. The maximum absolute atomic E-state index is 11.5. The summed E-state index contributed by atoms with van der Waals surface area (Å²) in [6.07, 6.45) is 0. The summed E-state index contributed by atoms with van der Waals surface area (Å²) < 4.78 is 10.2. The van der Waals surface area contributed by atoms with Crippen molar-refractivity contribution in [3.8, 4) is 5.75 Å². The minimum atomic E-state index is -0.410. The molecule has 5 nitrogen and oxygen atoms in total. The van der Waals surface area contributed by atoms with Crippen LogP contribution in [0.25, 0.3) is 0 Å². The van der Waals surface area contributed by atoms with Gasteiger partial charge in [0, 0.05) is 11.3 Å². The van der Waals surface area contributed by atoms with Gasteiger partial charge in [0.25, 0.3) is 0 Å². The van der Waals surface area contributed by atoms with E-state index in [4.69, 9.17) is 4.42 Å². The summed E-state index contributed by atoms with van der Waals surface area (Å²) in [6, 6.07) is 5.41. The fourth-order valence-electron chi connectivity index (χ4n) is 2.15. The Balaban J connectivity index is 2.14. The van der Waals surface area contributed by atoms with Gasteiger partial charge in [-0.3, -0.25) is 0 Å². The van der Waals surface area contributed by atoms with Crippen LogP contribution in [-0.2, 0) is 11.3 Å². The number of phenols is 1. The van der Waals surface area contributed by atoms with Crippen LogP contribution in [0.4, 0.5) is 5.69 Å². The van der Waals surface area contributed by atoms with Crippen LogP contribution >= 0.6 is 0 Å². The molecule has 1 aromatic heterocycles. The predicted molar refractivity (Wildman–Crippen MR) is 79.7 cm³/mol. The molecule has 0 saturated heterocycles. The molecule has 0 unspecified atom stereocenters. The number of aryl methyl sites for hydroxylation is 2. The van der Waals surface area contributed by atoms with Crippen molar-refractivity contribution in [3.63, 3.8) is 0 Å². The molecule has 0 aliphatic heterocycles. The van der Waals surface area contributed by atoms with E-state index in [-0.39, 0.29) is 5.75 Å². The van der Waals surface area contributed by atoms with E-state index in [1.807, 2.05) is 26.0 Å². The number of furan rings is 1. The molecule has 112 valence electrons. The summed E-state index contributed by atoms with van der Waals surface area (Å²) in [5.41, 5.74) is 2.87. The van der Waals surface area contributed by atoms with Gasteiger partial charge in [-0.05, 0) is 38.5 Å². The smallest absolute Gasteiger partial charge is 0.341 e.